The minimum atomic E-state index is 0. The van der Waals surface area contributed by atoms with Gasteiger partial charge in [-0.15, -0.1) is 24.0 Å². The van der Waals surface area contributed by atoms with E-state index >= 15 is 0 Å². The first-order valence-electron chi connectivity index (χ1n) is 7.85. The Bertz CT molecular complexity index is 361. The van der Waals surface area contributed by atoms with Crippen LogP contribution in [0.15, 0.2) is 4.99 Å². The predicted molar refractivity (Wildman–Crippen MR) is 107 cm³/mol. The number of aliphatic imine (C=N–C) groups is 1. The van der Waals surface area contributed by atoms with Gasteiger partial charge in [0.1, 0.15) is 0 Å². The third-order valence-corrected chi connectivity index (χ3v) is 5.30. The van der Waals surface area contributed by atoms with Crippen LogP contribution in [0.4, 0.5) is 0 Å². The predicted octanol–water partition coefficient (Wildman–Crippen LogP) is 1.78. The van der Waals surface area contributed by atoms with Gasteiger partial charge in [-0.2, -0.15) is 11.8 Å². The summed E-state index contributed by atoms with van der Waals surface area (Å²) < 4.78 is 5.51. The zero-order valence-corrected chi connectivity index (χ0v) is 17.4. The molecule has 5 nitrogen and oxygen atoms in total. The molecule has 0 amide bonds. The lowest BCUT2D eigenvalue weighted by atomic mass is 9.95. The molecule has 2 fully saturated rings. The Morgan fingerprint density at radius 1 is 1.32 bits per heavy atom. The van der Waals surface area contributed by atoms with Gasteiger partial charge in [-0.3, -0.25) is 9.89 Å². The van der Waals surface area contributed by atoms with Crippen molar-refractivity contribution in [2.24, 2.45) is 4.99 Å². The second-order valence-corrected chi connectivity index (χ2v) is 8.03. The molecule has 7 heteroatoms. The highest BCUT2D eigenvalue weighted by Gasteiger charge is 2.40. The molecule has 0 saturated carbocycles. The number of nitrogens with one attached hydrogen (secondary N) is 2. The molecule has 1 atom stereocenters. The molecule has 0 aromatic carbocycles. The zero-order valence-electron chi connectivity index (χ0n) is 14.3. The summed E-state index contributed by atoms with van der Waals surface area (Å²) >= 11 is 2.06. The number of hydrogen-bond acceptors (Lipinski definition) is 4. The van der Waals surface area contributed by atoms with E-state index in [1.54, 1.807) is 0 Å². The summed E-state index contributed by atoms with van der Waals surface area (Å²) in [5.74, 6) is 3.35. The number of ether oxygens (including phenoxy) is 1. The number of guanidine groups is 1. The fourth-order valence-electron chi connectivity index (χ4n) is 2.92. The number of morpholine rings is 1. The van der Waals surface area contributed by atoms with Gasteiger partial charge in [0.25, 0.3) is 0 Å². The first kappa shape index (κ1) is 20.3. The normalized spacial score (nSPS) is 27.4. The molecule has 0 spiro atoms. The van der Waals surface area contributed by atoms with Crippen molar-refractivity contribution in [3.8, 4) is 0 Å². The molecule has 130 valence electrons. The van der Waals surface area contributed by atoms with Crippen molar-refractivity contribution < 1.29 is 4.74 Å². The van der Waals surface area contributed by atoms with Crippen molar-refractivity contribution in [2.45, 2.75) is 38.3 Å². The van der Waals surface area contributed by atoms with Gasteiger partial charge >= 0.3 is 0 Å². The van der Waals surface area contributed by atoms with E-state index in [2.05, 4.69) is 53.1 Å². The van der Waals surface area contributed by atoms with Crippen LogP contribution >= 0.6 is 35.7 Å². The van der Waals surface area contributed by atoms with Gasteiger partial charge in [0, 0.05) is 43.5 Å². The molecule has 0 bridgehead atoms. The van der Waals surface area contributed by atoms with E-state index in [4.69, 9.17) is 4.74 Å². The maximum absolute atomic E-state index is 5.51. The summed E-state index contributed by atoms with van der Waals surface area (Å²) in [5, 5.41) is 6.99. The van der Waals surface area contributed by atoms with Crippen LogP contribution in [0.2, 0.25) is 0 Å². The Balaban J connectivity index is 0.00000242. The molecule has 2 saturated heterocycles. The van der Waals surface area contributed by atoms with Crippen LogP contribution in [-0.4, -0.2) is 73.3 Å². The van der Waals surface area contributed by atoms with Crippen molar-refractivity contribution in [1.82, 2.24) is 15.5 Å². The highest BCUT2D eigenvalue weighted by molar-refractivity contribution is 14.0. The molecule has 22 heavy (non-hydrogen) atoms. The summed E-state index contributed by atoms with van der Waals surface area (Å²) in [7, 11) is 1.84. The number of halogens is 1. The Labute approximate surface area is 156 Å². The molecule has 2 aliphatic heterocycles. The van der Waals surface area contributed by atoms with Crippen LogP contribution in [0.3, 0.4) is 0 Å². The van der Waals surface area contributed by atoms with Crippen LogP contribution in [0.5, 0.6) is 0 Å². The number of hydrogen-bond donors (Lipinski definition) is 2. The monoisotopic (exact) mass is 442 g/mol. The highest BCUT2D eigenvalue weighted by Crippen LogP contribution is 2.33. The smallest absolute Gasteiger partial charge is 0.191 e. The van der Waals surface area contributed by atoms with Crippen LogP contribution in [0.25, 0.3) is 0 Å². The average molecular weight is 442 g/mol. The van der Waals surface area contributed by atoms with Gasteiger partial charge in [0.05, 0.1) is 13.2 Å². The average Bonchev–Trinajstić information content (AvgIpc) is 2.93. The Kier molecular flexibility index (Phi) is 8.25. The Morgan fingerprint density at radius 2 is 2.00 bits per heavy atom. The van der Waals surface area contributed by atoms with E-state index in [-0.39, 0.29) is 35.1 Å². The number of rotatable bonds is 3. The summed E-state index contributed by atoms with van der Waals surface area (Å²) in [5.41, 5.74) is 0.280. The van der Waals surface area contributed by atoms with Gasteiger partial charge in [0.15, 0.2) is 5.96 Å². The van der Waals surface area contributed by atoms with E-state index in [0.29, 0.717) is 0 Å². The van der Waals surface area contributed by atoms with Gasteiger partial charge in [-0.05, 0) is 32.9 Å². The molecular formula is C15H31IN4OS. The van der Waals surface area contributed by atoms with E-state index in [1.807, 2.05) is 7.05 Å². The van der Waals surface area contributed by atoms with E-state index < -0.39 is 0 Å². The molecule has 2 aliphatic rings. The van der Waals surface area contributed by atoms with E-state index in [0.717, 1.165) is 38.8 Å². The summed E-state index contributed by atoms with van der Waals surface area (Å²) in [6.45, 7) is 11.2. The molecular weight excluding hydrogens is 411 g/mol. The zero-order chi connectivity index (χ0) is 15.3. The number of nitrogens with zero attached hydrogens (tertiary/aromatic N) is 2. The standard InChI is InChI=1S/C15H30N4OS.HI/c1-14(2,3)18-13(16-4)17-11-15(5-10-21-12-15)19-6-8-20-9-7-19;/h5-12H2,1-4H3,(H2,16,17,18);1H. The van der Waals surface area contributed by atoms with Crippen molar-refractivity contribution in [1.29, 1.82) is 0 Å². The first-order chi connectivity index (χ1) is 9.95. The van der Waals surface area contributed by atoms with Gasteiger partial charge < -0.3 is 15.4 Å². The van der Waals surface area contributed by atoms with Crippen molar-refractivity contribution in [3.63, 3.8) is 0 Å². The molecule has 0 radical (unpaired) electrons. The van der Waals surface area contributed by atoms with Crippen LogP contribution in [0, 0.1) is 0 Å². The SMILES string of the molecule is CN=C(NCC1(N2CCOCC2)CCSC1)NC(C)(C)C.I. The van der Waals surface area contributed by atoms with Crippen LogP contribution in [-0.2, 0) is 4.74 Å². The molecule has 2 N–H and O–H groups in total. The summed E-state index contributed by atoms with van der Waals surface area (Å²) in [6, 6.07) is 0. The molecule has 0 aliphatic carbocycles. The highest BCUT2D eigenvalue weighted by atomic mass is 127. The van der Waals surface area contributed by atoms with Gasteiger partial charge in [-0.1, -0.05) is 0 Å². The molecule has 1 unspecified atom stereocenters. The van der Waals surface area contributed by atoms with E-state index in [9.17, 15) is 0 Å². The fourth-order valence-corrected chi connectivity index (χ4v) is 4.39. The lowest BCUT2D eigenvalue weighted by Gasteiger charge is -2.43. The fraction of sp³-hybridized carbons (Fsp3) is 0.933. The Morgan fingerprint density at radius 3 is 2.50 bits per heavy atom. The van der Waals surface area contributed by atoms with Gasteiger partial charge in [-0.25, -0.2) is 0 Å². The van der Waals surface area contributed by atoms with Crippen molar-refractivity contribution >= 4 is 41.7 Å². The maximum atomic E-state index is 5.51. The summed E-state index contributed by atoms with van der Waals surface area (Å²) in [6.07, 6.45) is 1.25. The third-order valence-electron chi connectivity index (χ3n) is 4.07. The minimum Gasteiger partial charge on any atom is -0.379 e. The molecule has 2 rings (SSSR count). The topological polar surface area (TPSA) is 48.9 Å². The largest absolute Gasteiger partial charge is 0.379 e. The minimum absolute atomic E-state index is 0. The van der Waals surface area contributed by atoms with Crippen molar-refractivity contribution in [3.05, 3.63) is 0 Å². The molecule has 0 aromatic rings. The van der Waals surface area contributed by atoms with Crippen LogP contribution in [0.1, 0.15) is 27.2 Å². The quantitative estimate of drug-likeness (QED) is 0.397. The number of thioether (sulfide) groups is 1. The maximum Gasteiger partial charge on any atom is 0.191 e. The first-order valence-corrected chi connectivity index (χ1v) is 9.00. The second-order valence-electron chi connectivity index (χ2n) is 6.93. The molecule has 0 aromatic heterocycles. The van der Waals surface area contributed by atoms with E-state index in [1.165, 1.54) is 17.9 Å². The third kappa shape index (κ3) is 5.72. The van der Waals surface area contributed by atoms with Crippen LogP contribution < -0.4 is 10.6 Å². The van der Waals surface area contributed by atoms with Gasteiger partial charge in [0.2, 0.25) is 0 Å². The lowest BCUT2D eigenvalue weighted by molar-refractivity contribution is -0.0120. The Hall–Kier alpha value is 0.270. The van der Waals surface area contributed by atoms with Crippen molar-refractivity contribution in [2.75, 3.05) is 51.4 Å². The summed E-state index contributed by atoms with van der Waals surface area (Å²) in [4.78, 5) is 6.97. The molecule has 2 heterocycles. The lowest BCUT2D eigenvalue weighted by Crippen LogP contribution is -2.60. The second kappa shape index (κ2) is 8.94.